The first-order chi connectivity index (χ1) is 15.1. The second kappa shape index (κ2) is 10.3. The van der Waals surface area contributed by atoms with Gasteiger partial charge in [0, 0.05) is 58.3 Å². The van der Waals surface area contributed by atoms with Gasteiger partial charge >= 0.3 is 0 Å². The van der Waals surface area contributed by atoms with Crippen LogP contribution in [0.3, 0.4) is 0 Å². The first kappa shape index (κ1) is 21.9. The quantitative estimate of drug-likeness (QED) is 0.726. The number of hydrogen-bond donors (Lipinski definition) is 0. The van der Waals surface area contributed by atoms with Crippen molar-refractivity contribution in [1.29, 1.82) is 0 Å². The largest absolute Gasteiger partial charge is 0.459 e. The van der Waals surface area contributed by atoms with Gasteiger partial charge in [-0.25, -0.2) is 0 Å². The number of likely N-dealkylation sites (tertiary alicyclic amines) is 2. The molecule has 3 fully saturated rings. The molecule has 0 atom stereocenters. The normalized spacial score (nSPS) is 21.7. The monoisotopic (exact) mass is 430 g/mol. The Hall–Kier alpha value is -2.35. The Labute approximate surface area is 184 Å². The summed E-state index contributed by atoms with van der Waals surface area (Å²) in [6.07, 6.45) is 7.56. The Bertz CT molecular complexity index is 742. The van der Waals surface area contributed by atoms with Crippen LogP contribution in [0.5, 0.6) is 0 Å². The molecule has 4 rings (SSSR count). The van der Waals surface area contributed by atoms with Gasteiger partial charge in [-0.15, -0.1) is 0 Å². The first-order valence-electron chi connectivity index (χ1n) is 11.7. The van der Waals surface area contributed by atoms with E-state index in [1.165, 1.54) is 19.1 Å². The number of piperazine rings is 1. The maximum Gasteiger partial charge on any atom is 0.289 e. The highest BCUT2D eigenvalue weighted by atomic mass is 16.3. The second-order valence-corrected chi connectivity index (χ2v) is 8.94. The van der Waals surface area contributed by atoms with Crippen LogP contribution in [0.15, 0.2) is 22.8 Å². The smallest absolute Gasteiger partial charge is 0.289 e. The minimum Gasteiger partial charge on any atom is -0.459 e. The predicted molar refractivity (Wildman–Crippen MR) is 115 cm³/mol. The molecule has 0 unspecified atom stereocenters. The van der Waals surface area contributed by atoms with Crippen molar-refractivity contribution in [3.8, 4) is 0 Å². The van der Waals surface area contributed by atoms with E-state index in [2.05, 4.69) is 4.90 Å². The lowest BCUT2D eigenvalue weighted by Crippen LogP contribution is -2.53. The third kappa shape index (κ3) is 5.47. The summed E-state index contributed by atoms with van der Waals surface area (Å²) in [7, 11) is 0. The van der Waals surface area contributed by atoms with Crippen molar-refractivity contribution in [2.45, 2.75) is 38.5 Å². The molecule has 0 saturated carbocycles. The lowest BCUT2D eigenvalue weighted by Gasteiger charge is -2.38. The molecule has 0 bridgehead atoms. The average molecular weight is 431 g/mol. The van der Waals surface area contributed by atoms with Crippen molar-refractivity contribution in [2.75, 3.05) is 58.9 Å². The Kier molecular flexibility index (Phi) is 7.27. The Morgan fingerprint density at radius 1 is 0.806 bits per heavy atom. The highest BCUT2D eigenvalue weighted by Crippen LogP contribution is 2.22. The van der Waals surface area contributed by atoms with E-state index in [1.54, 1.807) is 17.0 Å². The van der Waals surface area contributed by atoms with Gasteiger partial charge in [-0.2, -0.15) is 0 Å². The molecule has 3 aliphatic heterocycles. The highest BCUT2D eigenvalue weighted by Gasteiger charge is 2.33. The van der Waals surface area contributed by atoms with Crippen LogP contribution in [0.25, 0.3) is 0 Å². The molecule has 8 heteroatoms. The van der Waals surface area contributed by atoms with Crippen LogP contribution >= 0.6 is 0 Å². The van der Waals surface area contributed by atoms with Crippen molar-refractivity contribution in [3.05, 3.63) is 24.2 Å². The van der Waals surface area contributed by atoms with Gasteiger partial charge < -0.3 is 19.1 Å². The second-order valence-electron chi connectivity index (χ2n) is 8.94. The van der Waals surface area contributed by atoms with E-state index in [-0.39, 0.29) is 23.6 Å². The van der Waals surface area contributed by atoms with Crippen LogP contribution in [0.2, 0.25) is 0 Å². The SMILES string of the molecule is O=C(CN1CCN(C(=O)C2CCN(C(=O)c3ccco3)CC2)CC1)N1CCCCCC1. The summed E-state index contributed by atoms with van der Waals surface area (Å²) in [6.45, 7) is 6.27. The lowest BCUT2D eigenvalue weighted by molar-refractivity contribution is -0.139. The summed E-state index contributed by atoms with van der Waals surface area (Å²) in [4.78, 5) is 45.9. The molecule has 0 aliphatic carbocycles. The van der Waals surface area contributed by atoms with Crippen molar-refractivity contribution in [3.63, 3.8) is 0 Å². The van der Waals surface area contributed by atoms with Crippen LogP contribution in [-0.2, 0) is 9.59 Å². The van der Waals surface area contributed by atoms with E-state index in [4.69, 9.17) is 4.42 Å². The fraction of sp³-hybridized carbons (Fsp3) is 0.696. The fourth-order valence-electron chi connectivity index (χ4n) is 4.88. The van der Waals surface area contributed by atoms with Crippen LogP contribution in [0.1, 0.15) is 49.1 Å². The minimum atomic E-state index is -0.0985. The summed E-state index contributed by atoms with van der Waals surface area (Å²) >= 11 is 0. The third-order valence-corrected chi connectivity index (χ3v) is 6.86. The van der Waals surface area contributed by atoms with Crippen molar-refractivity contribution in [2.24, 2.45) is 5.92 Å². The molecular weight excluding hydrogens is 396 g/mol. The van der Waals surface area contributed by atoms with E-state index >= 15 is 0 Å². The van der Waals surface area contributed by atoms with Crippen molar-refractivity contribution < 1.29 is 18.8 Å². The summed E-state index contributed by atoms with van der Waals surface area (Å²) in [6, 6.07) is 3.39. The summed E-state index contributed by atoms with van der Waals surface area (Å²) in [5, 5.41) is 0. The molecule has 8 nitrogen and oxygen atoms in total. The van der Waals surface area contributed by atoms with Crippen LogP contribution in [0.4, 0.5) is 0 Å². The maximum atomic E-state index is 13.0. The average Bonchev–Trinajstić information content (AvgIpc) is 3.21. The molecule has 170 valence electrons. The van der Waals surface area contributed by atoms with Gasteiger partial charge in [-0.1, -0.05) is 12.8 Å². The van der Waals surface area contributed by atoms with Gasteiger partial charge in [0.05, 0.1) is 12.8 Å². The molecule has 3 amide bonds. The molecular formula is C23H34N4O4. The van der Waals surface area contributed by atoms with Crippen molar-refractivity contribution in [1.82, 2.24) is 19.6 Å². The zero-order valence-corrected chi connectivity index (χ0v) is 18.3. The predicted octanol–water partition coefficient (Wildman–Crippen LogP) is 1.68. The number of nitrogens with zero attached hydrogens (tertiary/aromatic N) is 4. The minimum absolute atomic E-state index is 0.0223. The van der Waals surface area contributed by atoms with Gasteiger partial charge in [-0.05, 0) is 37.8 Å². The van der Waals surface area contributed by atoms with Gasteiger partial charge in [0.2, 0.25) is 11.8 Å². The molecule has 1 aromatic heterocycles. The number of piperidine rings is 1. The third-order valence-electron chi connectivity index (χ3n) is 6.86. The number of hydrogen-bond acceptors (Lipinski definition) is 5. The fourth-order valence-corrected chi connectivity index (χ4v) is 4.88. The standard InChI is InChI=1S/C23H34N4O4/c28-21(25-9-3-1-2-4-10-25)18-24-13-15-27(16-14-24)22(29)19-7-11-26(12-8-19)23(30)20-6-5-17-31-20/h5-6,17,19H,1-4,7-16,18H2. The van der Waals surface area contributed by atoms with Gasteiger partial charge in [0.15, 0.2) is 5.76 Å². The highest BCUT2D eigenvalue weighted by molar-refractivity contribution is 5.91. The summed E-state index contributed by atoms with van der Waals surface area (Å²) < 4.78 is 5.20. The molecule has 4 heterocycles. The number of carbonyl (C=O) groups is 3. The molecule has 0 radical (unpaired) electrons. The molecule has 1 aromatic rings. The van der Waals surface area contributed by atoms with Crippen molar-refractivity contribution >= 4 is 17.7 Å². The van der Waals surface area contributed by atoms with Gasteiger partial charge in [0.25, 0.3) is 5.91 Å². The molecule has 0 spiro atoms. The van der Waals surface area contributed by atoms with E-state index in [1.807, 2.05) is 9.80 Å². The lowest BCUT2D eigenvalue weighted by atomic mass is 9.94. The van der Waals surface area contributed by atoms with E-state index in [9.17, 15) is 14.4 Å². The Morgan fingerprint density at radius 3 is 2.10 bits per heavy atom. The zero-order valence-electron chi connectivity index (χ0n) is 18.3. The first-order valence-corrected chi connectivity index (χ1v) is 11.7. The number of rotatable bonds is 4. The van der Waals surface area contributed by atoms with E-state index in [0.717, 1.165) is 39.0 Å². The molecule has 0 N–H and O–H groups in total. The number of furan rings is 1. The maximum absolute atomic E-state index is 13.0. The van der Waals surface area contributed by atoms with Crippen LogP contribution in [0, 0.1) is 5.92 Å². The Balaban J connectivity index is 1.19. The summed E-state index contributed by atoms with van der Waals surface area (Å²) in [5.74, 6) is 0.666. The van der Waals surface area contributed by atoms with E-state index < -0.39 is 0 Å². The molecule has 31 heavy (non-hydrogen) atoms. The topological polar surface area (TPSA) is 77.3 Å². The van der Waals surface area contributed by atoms with E-state index in [0.29, 0.717) is 51.3 Å². The van der Waals surface area contributed by atoms with Gasteiger partial charge in [-0.3, -0.25) is 19.3 Å². The van der Waals surface area contributed by atoms with Crippen LogP contribution in [-0.4, -0.2) is 96.2 Å². The van der Waals surface area contributed by atoms with Crippen LogP contribution < -0.4 is 0 Å². The number of amides is 3. The zero-order chi connectivity index (χ0) is 21.6. The molecule has 0 aromatic carbocycles. The Morgan fingerprint density at radius 2 is 1.48 bits per heavy atom. The summed E-state index contributed by atoms with van der Waals surface area (Å²) in [5.41, 5.74) is 0. The van der Waals surface area contributed by atoms with Gasteiger partial charge in [0.1, 0.15) is 0 Å². The molecule has 3 saturated heterocycles. The molecule has 3 aliphatic rings. The number of carbonyl (C=O) groups excluding carboxylic acids is 3.